The molecular weight excluding hydrogens is 330 g/mol. The first-order valence-corrected chi connectivity index (χ1v) is 9.34. The maximum absolute atomic E-state index is 12.8. The topological polar surface area (TPSA) is 35.6 Å². The summed E-state index contributed by atoms with van der Waals surface area (Å²) in [5.41, 5.74) is 1.36. The Kier molecular flexibility index (Phi) is 6.89. The standard InChI is InChI=1S/C17H27N3OS.ClH/c1-3-4-14-11-16(22-13(14)2)17(21)20-8-5-15(12-20)19-9-6-18-7-10-19;/h11,15,18H,3-10,12H2,1-2H3;1H. The third-order valence-corrected chi connectivity index (χ3v) is 5.95. The molecule has 4 nitrogen and oxygen atoms in total. The van der Waals surface area contributed by atoms with Gasteiger partial charge in [-0.15, -0.1) is 23.7 Å². The van der Waals surface area contributed by atoms with Gasteiger partial charge in [0.15, 0.2) is 0 Å². The summed E-state index contributed by atoms with van der Waals surface area (Å²) in [6.07, 6.45) is 3.34. The lowest BCUT2D eigenvalue weighted by Crippen LogP contribution is -2.49. The number of hydrogen-bond donors (Lipinski definition) is 1. The van der Waals surface area contributed by atoms with Crippen molar-refractivity contribution in [2.75, 3.05) is 39.3 Å². The second kappa shape index (κ2) is 8.47. The van der Waals surface area contributed by atoms with Gasteiger partial charge in [-0.05, 0) is 31.4 Å². The van der Waals surface area contributed by atoms with Gasteiger partial charge in [0.25, 0.3) is 5.91 Å². The summed E-state index contributed by atoms with van der Waals surface area (Å²) >= 11 is 1.67. The van der Waals surface area contributed by atoms with E-state index in [0.29, 0.717) is 6.04 Å². The van der Waals surface area contributed by atoms with Crippen LogP contribution in [0.3, 0.4) is 0 Å². The number of halogens is 1. The van der Waals surface area contributed by atoms with Crippen LogP contribution in [-0.4, -0.2) is 61.0 Å². The van der Waals surface area contributed by atoms with Crippen molar-refractivity contribution < 1.29 is 4.79 Å². The van der Waals surface area contributed by atoms with Crippen LogP contribution in [0.4, 0.5) is 0 Å². The number of amides is 1. The molecule has 2 fully saturated rings. The number of aryl methyl sites for hydroxylation is 2. The fourth-order valence-corrected chi connectivity index (χ4v) is 4.61. The number of rotatable bonds is 4. The Hall–Kier alpha value is -0.620. The van der Waals surface area contributed by atoms with Crippen LogP contribution in [0.5, 0.6) is 0 Å². The Morgan fingerprint density at radius 3 is 2.78 bits per heavy atom. The van der Waals surface area contributed by atoms with Crippen molar-refractivity contribution in [2.45, 2.75) is 39.2 Å². The minimum atomic E-state index is 0. The Bertz CT molecular complexity index is 528. The number of likely N-dealkylation sites (tertiary alicyclic amines) is 1. The summed E-state index contributed by atoms with van der Waals surface area (Å²) in [6, 6.07) is 2.69. The monoisotopic (exact) mass is 357 g/mol. The summed E-state index contributed by atoms with van der Waals surface area (Å²) < 4.78 is 0. The summed E-state index contributed by atoms with van der Waals surface area (Å²) in [5.74, 6) is 0.244. The molecule has 1 N–H and O–H groups in total. The largest absolute Gasteiger partial charge is 0.336 e. The maximum atomic E-state index is 12.8. The number of nitrogens with one attached hydrogen (secondary N) is 1. The molecule has 0 spiro atoms. The first-order valence-electron chi connectivity index (χ1n) is 8.52. The van der Waals surface area contributed by atoms with E-state index in [0.717, 1.165) is 63.4 Å². The van der Waals surface area contributed by atoms with Gasteiger partial charge in [-0.3, -0.25) is 9.69 Å². The van der Waals surface area contributed by atoms with Crippen molar-refractivity contribution in [2.24, 2.45) is 0 Å². The van der Waals surface area contributed by atoms with Gasteiger partial charge in [-0.25, -0.2) is 0 Å². The number of hydrogen-bond acceptors (Lipinski definition) is 4. The van der Waals surface area contributed by atoms with E-state index in [-0.39, 0.29) is 18.3 Å². The van der Waals surface area contributed by atoms with Crippen LogP contribution in [0.1, 0.15) is 39.9 Å². The van der Waals surface area contributed by atoms with Crippen LogP contribution >= 0.6 is 23.7 Å². The van der Waals surface area contributed by atoms with Crippen LogP contribution in [0.25, 0.3) is 0 Å². The molecule has 3 heterocycles. The molecule has 0 radical (unpaired) electrons. The average molecular weight is 358 g/mol. The first-order chi connectivity index (χ1) is 10.7. The highest BCUT2D eigenvalue weighted by Crippen LogP contribution is 2.26. The predicted octanol–water partition coefficient (Wildman–Crippen LogP) is 2.55. The lowest BCUT2D eigenvalue weighted by molar-refractivity contribution is 0.0778. The Morgan fingerprint density at radius 1 is 1.35 bits per heavy atom. The summed E-state index contributed by atoms with van der Waals surface area (Å²) in [6.45, 7) is 10.5. The fraction of sp³-hybridized carbons (Fsp3) is 0.706. The maximum Gasteiger partial charge on any atom is 0.263 e. The Balaban J connectivity index is 0.00000192. The molecule has 130 valence electrons. The van der Waals surface area contributed by atoms with Crippen LogP contribution in [0, 0.1) is 6.92 Å². The molecular formula is C17H28ClN3OS. The van der Waals surface area contributed by atoms with E-state index in [1.54, 1.807) is 11.3 Å². The average Bonchev–Trinajstić information content (AvgIpc) is 3.16. The molecule has 1 unspecified atom stereocenters. The third-order valence-electron chi connectivity index (χ3n) is 4.87. The van der Waals surface area contributed by atoms with E-state index in [2.05, 4.69) is 35.0 Å². The van der Waals surface area contributed by atoms with Crippen molar-refractivity contribution in [1.29, 1.82) is 0 Å². The van der Waals surface area contributed by atoms with Gasteiger partial charge >= 0.3 is 0 Å². The second-order valence-electron chi connectivity index (χ2n) is 6.42. The Labute approximate surface area is 149 Å². The molecule has 1 amide bonds. The second-order valence-corrected chi connectivity index (χ2v) is 7.68. The zero-order chi connectivity index (χ0) is 15.5. The number of piperazine rings is 1. The third kappa shape index (κ3) is 4.27. The van der Waals surface area contributed by atoms with Crippen LogP contribution in [-0.2, 0) is 6.42 Å². The molecule has 6 heteroatoms. The summed E-state index contributed by atoms with van der Waals surface area (Å²) in [5, 5.41) is 3.40. The molecule has 1 aromatic heterocycles. The van der Waals surface area contributed by atoms with Gasteiger partial charge in [-0.1, -0.05) is 13.3 Å². The normalized spacial score (nSPS) is 22.2. The van der Waals surface area contributed by atoms with E-state index in [1.807, 2.05) is 0 Å². The highest BCUT2D eigenvalue weighted by Gasteiger charge is 2.31. The van der Waals surface area contributed by atoms with Crippen molar-refractivity contribution in [3.63, 3.8) is 0 Å². The van der Waals surface area contributed by atoms with Gasteiger partial charge in [0.2, 0.25) is 0 Å². The number of nitrogens with zero attached hydrogens (tertiary/aromatic N) is 2. The first kappa shape index (κ1) is 18.7. The van der Waals surface area contributed by atoms with Crippen LogP contribution in [0.2, 0.25) is 0 Å². The SMILES string of the molecule is CCCc1cc(C(=O)N2CCC(N3CCNCC3)C2)sc1C.Cl. The number of carbonyl (C=O) groups is 1. The lowest BCUT2D eigenvalue weighted by Gasteiger charge is -2.32. The molecule has 2 aliphatic heterocycles. The van der Waals surface area contributed by atoms with E-state index in [4.69, 9.17) is 0 Å². The molecule has 0 saturated carbocycles. The molecule has 0 bridgehead atoms. The molecule has 23 heavy (non-hydrogen) atoms. The van der Waals surface area contributed by atoms with Gasteiger partial charge in [0, 0.05) is 50.2 Å². The molecule has 1 atom stereocenters. The van der Waals surface area contributed by atoms with Gasteiger partial charge in [0.1, 0.15) is 0 Å². The van der Waals surface area contributed by atoms with Gasteiger partial charge in [-0.2, -0.15) is 0 Å². The van der Waals surface area contributed by atoms with Crippen molar-refractivity contribution in [1.82, 2.24) is 15.1 Å². The van der Waals surface area contributed by atoms with E-state index in [9.17, 15) is 4.79 Å². The fourth-order valence-electron chi connectivity index (χ4n) is 3.57. The predicted molar refractivity (Wildman–Crippen MR) is 99.1 cm³/mol. The number of carbonyl (C=O) groups excluding carboxylic acids is 1. The quantitative estimate of drug-likeness (QED) is 0.899. The smallest absolute Gasteiger partial charge is 0.263 e. The Morgan fingerprint density at radius 2 is 2.09 bits per heavy atom. The number of thiophene rings is 1. The highest BCUT2D eigenvalue weighted by molar-refractivity contribution is 7.14. The molecule has 1 aromatic rings. The van der Waals surface area contributed by atoms with Gasteiger partial charge < -0.3 is 10.2 Å². The lowest BCUT2D eigenvalue weighted by atomic mass is 10.1. The zero-order valence-electron chi connectivity index (χ0n) is 14.1. The van der Waals surface area contributed by atoms with Crippen molar-refractivity contribution >= 4 is 29.7 Å². The summed E-state index contributed by atoms with van der Waals surface area (Å²) in [7, 11) is 0. The molecule has 3 rings (SSSR count). The summed E-state index contributed by atoms with van der Waals surface area (Å²) in [4.78, 5) is 19.6. The highest BCUT2D eigenvalue weighted by atomic mass is 35.5. The van der Waals surface area contributed by atoms with E-state index < -0.39 is 0 Å². The van der Waals surface area contributed by atoms with Crippen LogP contribution < -0.4 is 5.32 Å². The minimum Gasteiger partial charge on any atom is -0.336 e. The molecule has 0 aliphatic carbocycles. The molecule has 2 saturated heterocycles. The van der Waals surface area contributed by atoms with E-state index >= 15 is 0 Å². The zero-order valence-corrected chi connectivity index (χ0v) is 15.8. The molecule has 0 aromatic carbocycles. The van der Waals surface area contributed by atoms with E-state index in [1.165, 1.54) is 10.4 Å². The minimum absolute atomic E-state index is 0. The molecule has 2 aliphatic rings. The van der Waals surface area contributed by atoms with Crippen LogP contribution in [0.15, 0.2) is 6.07 Å². The van der Waals surface area contributed by atoms with Gasteiger partial charge in [0.05, 0.1) is 4.88 Å². The van der Waals surface area contributed by atoms with Crippen molar-refractivity contribution in [3.8, 4) is 0 Å². The van der Waals surface area contributed by atoms with Crippen molar-refractivity contribution in [3.05, 3.63) is 21.4 Å².